The van der Waals surface area contributed by atoms with Gasteiger partial charge in [-0.25, -0.2) is 0 Å². The third kappa shape index (κ3) is 3.60. The Morgan fingerprint density at radius 2 is 2.11 bits per heavy atom. The molecule has 3 nitrogen and oxygen atoms in total. The summed E-state index contributed by atoms with van der Waals surface area (Å²) in [5.74, 6) is 1.28. The first-order valence-electron chi connectivity index (χ1n) is 7.49. The van der Waals surface area contributed by atoms with Gasteiger partial charge in [0.15, 0.2) is 0 Å². The van der Waals surface area contributed by atoms with Crippen LogP contribution in [0.1, 0.15) is 63.7 Å². The molecule has 1 aromatic rings. The molecule has 1 unspecified atom stereocenters. The Balaban J connectivity index is 1.91. The third-order valence-electron chi connectivity index (χ3n) is 4.52. The van der Waals surface area contributed by atoms with Gasteiger partial charge in [0.2, 0.25) is 0 Å². The molecule has 0 aromatic carbocycles. The van der Waals surface area contributed by atoms with Gasteiger partial charge in [-0.05, 0) is 40.6 Å². The number of unbranched alkanes of at least 4 members (excludes halogenated alkanes) is 1. The molecule has 1 heterocycles. The average Bonchev–Trinajstić information content (AvgIpc) is 2.76. The first-order valence-corrected chi connectivity index (χ1v) is 8.28. The van der Waals surface area contributed by atoms with Crippen molar-refractivity contribution in [1.29, 1.82) is 0 Å². The van der Waals surface area contributed by atoms with Crippen LogP contribution in [0.25, 0.3) is 0 Å². The summed E-state index contributed by atoms with van der Waals surface area (Å²) in [5, 5.41) is 14.8. The second-order valence-corrected chi connectivity index (χ2v) is 6.72. The highest BCUT2D eigenvalue weighted by Gasteiger charge is 2.29. The maximum Gasteiger partial charge on any atom is 0.0996 e. The highest BCUT2D eigenvalue weighted by Crippen LogP contribution is 2.39. The second kappa shape index (κ2) is 6.89. The minimum Gasteiger partial charge on any atom is -0.386 e. The number of hydrogen-bond donors (Lipinski definition) is 1. The van der Waals surface area contributed by atoms with E-state index in [4.69, 9.17) is 0 Å². The molecule has 0 radical (unpaired) electrons. The maximum atomic E-state index is 10.6. The quantitative estimate of drug-likeness (QED) is 0.879. The van der Waals surface area contributed by atoms with Crippen molar-refractivity contribution in [2.45, 2.75) is 58.0 Å². The Morgan fingerprint density at radius 3 is 2.63 bits per heavy atom. The lowest BCUT2D eigenvalue weighted by molar-refractivity contribution is 0.0651. The Kier molecular flexibility index (Phi) is 5.46. The average molecular weight is 329 g/mol. The van der Waals surface area contributed by atoms with E-state index in [2.05, 4.69) is 28.0 Å². The maximum absolute atomic E-state index is 10.6. The van der Waals surface area contributed by atoms with E-state index in [0.29, 0.717) is 5.92 Å². The van der Waals surface area contributed by atoms with E-state index in [-0.39, 0.29) is 6.10 Å². The fourth-order valence-electron chi connectivity index (χ4n) is 3.26. The van der Waals surface area contributed by atoms with Crippen molar-refractivity contribution in [1.82, 2.24) is 9.78 Å². The van der Waals surface area contributed by atoms with E-state index in [1.165, 1.54) is 32.1 Å². The van der Waals surface area contributed by atoms with Gasteiger partial charge < -0.3 is 5.11 Å². The third-order valence-corrected chi connectivity index (χ3v) is 5.13. The summed E-state index contributed by atoms with van der Waals surface area (Å²) in [6, 6.07) is 0. The summed E-state index contributed by atoms with van der Waals surface area (Å²) in [6.45, 7) is 2.26. The van der Waals surface area contributed by atoms with Crippen LogP contribution in [0.4, 0.5) is 0 Å². The van der Waals surface area contributed by atoms with Crippen LogP contribution in [0.5, 0.6) is 0 Å². The number of aliphatic hydroxyl groups is 1. The summed E-state index contributed by atoms with van der Waals surface area (Å²) >= 11 is 3.49. The normalized spacial score (nSPS) is 25.5. The van der Waals surface area contributed by atoms with Crippen LogP contribution >= 0.6 is 15.9 Å². The molecule has 108 valence electrons. The number of aromatic nitrogens is 2. The van der Waals surface area contributed by atoms with Crippen LogP contribution in [-0.4, -0.2) is 14.9 Å². The zero-order valence-corrected chi connectivity index (χ0v) is 13.6. The van der Waals surface area contributed by atoms with Crippen molar-refractivity contribution >= 4 is 15.9 Å². The SMILES string of the molecule is CCCCC1CCC(C(O)c2c(Br)cnn2C)CC1. The van der Waals surface area contributed by atoms with Gasteiger partial charge in [0.05, 0.1) is 22.5 Å². The predicted molar refractivity (Wildman–Crippen MR) is 80.8 cm³/mol. The topological polar surface area (TPSA) is 38.1 Å². The van der Waals surface area contributed by atoms with Crippen molar-refractivity contribution in [2.24, 2.45) is 18.9 Å². The molecule has 2 rings (SSSR count). The first-order chi connectivity index (χ1) is 9.13. The summed E-state index contributed by atoms with van der Waals surface area (Å²) in [7, 11) is 1.90. The minimum atomic E-state index is -0.381. The van der Waals surface area contributed by atoms with Crippen LogP contribution in [0, 0.1) is 11.8 Å². The molecule has 0 saturated heterocycles. The van der Waals surface area contributed by atoms with E-state index in [9.17, 15) is 5.11 Å². The van der Waals surface area contributed by atoms with E-state index < -0.39 is 0 Å². The Bertz CT molecular complexity index is 377. The van der Waals surface area contributed by atoms with Crippen LogP contribution in [0.3, 0.4) is 0 Å². The summed E-state index contributed by atoms with van der Waals surface area (Å²) in [5.41, 5.74) is 0.928. The lowest BCUT2D eigenvalue weighted by Crippen LogP contribution is -2.22. The number of rotatable bonds is 5. The molecule has 1 aromatic heterocycles. The molecule has 1 aliphatic carbocycles. The van der Waals surface area contributed by atoms with Gasteiger partial charge in [0.1, 0.15) is 0 Å². The van der Waals surface area contributed by atoms with E-state index in [0.717, 1.165) is 28.9 Å². The van der Waals surface area contributed by atoms with Gasteiger partial charge in [-0.1, -0.05) is 39.0 Å². The molecule has 1 aliphatic rings. The molecule has 1 N–H and O–H groups in total. The minimum absolute atomic E-state index is 0.381. The second-order valence-electron chi connectivity index (χ2n) is 5.87. The standard InChI is InChI=1S/C15H25BrN2O/c1-3-4-5-11-6-8-12(9-7-11)15(19)14-13(16)10-17-18(14)2/h10-12,15,19H,3-9H2,1-2H3. The summed E-state index contributed by atoms with van der Waals surface area (Å²) in [4.78, 5) is 0. The summed E-state index contributed by atoms with van der Waals surface area (Å²) < 4.78 is 2.72. The predicted octanol–water partition coefficient (Wildman–Crippen LogP) is 4.21. The molecule has 0 spiro atoms. The van der Waals surface area contributed by atoms with Gasteiger partial charge in [0, 0.05) is 7.05 Å². The first kappa shape index (κ1) is 15.0. The Hall–Kier alpha value is -0.350. The number of nitrogens with zero attached hydrogens (tertiary/aromatic N) is 2. The zero-order valence-electron chi connectivity index (χ0n) is 12.0. The van der Waals surface area contributed by atoms with Gasteiger partial charge in [0.25, 0.3) is 0 Å². The van der Waals surface area contributed by atoms with Gasteiger partial charge in [-0.3, -0.25) is 4.68 Å². The molecule has 1 fully saturated rings. The zero-order chi connectivity index (χ0) is 13.8. The van der Waals surface area contributed by atoms with Crippen molar-refractivity contribution in [2.75, 3.05) is 0 Å². The molecule has 0 amide bonds. The van der Waals surface area contributed by atoms with Gasteiger partial charge >= 0.3 is 0 Å². The molecule has 1 saturated carbocycles. The van der Waals surface area contributed by atoms with Crippen molar-refractivity contribution in [3.8, 4) is 0 Å². The van der Waals surface area contributed by atoms with Crippen molar-refractivity contribution in [3.05, 3.63) is 16.4 Å². The van der Waals surface area contributed by atoms with E-state index in [1.807, 2.05) is 7.05 Å². The fraction of sp³-hybridized carbons (Fsp3) is 0.800. The summed E-state index contributed by atoms with van der Waals surface area (Å²) in [6.07, 6.45) is 10.2. The van der Waals surface area contributed by atoms with Crippen molar-refractivity contribution in [3.63, 3.8) is 0 Å². The molecular weight excluding hydrogens is 304 g/mol. The molecule has 0 aliphatic heterocycles. The molecule has 1 atom stereocenters. The highest BCUT2D eigenvalue weighted by atomic mass is 79.9. The number of hydrogen-bond acceptors (Lipinski definition) is 2. The van der Waals surface area contributed by atoms with Gasteiger partial charge in [-0.2, -0.15) is 5.10 Å². The van der Waals surface area contributed by atoms with Crippen LogP contribution < -0.4 is 0 Å². The van der Waals surface area contributed by atoms with Crippen molar-refractivity contribution < 1.29 is 5.11 Å². The molecular formula is C15H25BrN2O. The monoisotopic (exact) mass is 328 g/mol. The lowest BCUT2D eigenvalue weighted by Gasteiger charge is -2.31. The Labute approximate surface area is 124 Å². The van der Waals surface area contributed by atoms with E-state index >= 15 is 0 Å². The molecule has 19 heavy (non-hydrogen) atoms. The van der Waals surface area contributed by atoms with E-state index in [1.54, 1.807) is 10.9 Å². The van der Waals surface area contributed by atoms with Gasteiger partial charge in [-0.15, -0.1) is 0 Å². The van der Waals surface area contributed by atoms with Crippen LogP contribution in [0.2, 0.25) is 0 Å². The number of halogens is 1. The largest absolute Gasteiger partial charge is 0.386 e. The molecule has 0 bridgehead atoms. The smallest absolute Gasteiger partial charge is 0.0996 e. The number of aliphatic hydroxyl groups excluding tert-OH is 1. The number of aryl methyl sites for hydroxylation is 1. The van der Waals surface area contributed by atoms with Crippen LogP contribution in [-0.2, 0) is 7.05 Å². The fourth-order valence-corrected chi connectivity index (χ4v) is 3.84. The lowest BCUT2D eigenvalue weighted by atomic mass is 9.77. The Morgan fingerprint density at radius 1 is 1.42 bits per heavy atom. The van der Waals surface area contributed by atoms with Crippen LogP contribution in [0.15, 0.2) is 10.7 Å². The highest BCUT2D eigenvalue weighted by molar-refractivity contribution is 9.10. The molecule has 4 heteroatoms.